The summed E-state index contributed by atoms with van der Waals surface area (Å²) in [5.41, 5.74) is 7.43. The van der Waals surface area contributed by atoms with Crippen molar-refractivity contribution in [3.63, 3.8) is 0 Å². The van der Waals surface area contributed by atoms with Gasteiger partial charge in [0.05, 0.1) is 22.0 Å². The van der Waals surface area contributed by atoms with Gasteiger partial charge in [-0.3, -0.25) is 9.80 Å². The largest absolute Gasteiger partial charge is 0.417 e. The minimum atomic E-state index is -4.70. The molecule has 0 aliphatic rings. The highest BCUT2D eigenvalue weighted by molar-refractivity contribution is 6.32. The van der Waals surface area contributed by atoms with Crippen molar-refractivity contribution in [1.29, 1.82) is 0 Å². The number of alkyl halides is 3. The van der Waals surface area contributed by atoms with E-state index in [0.717, 1.165) is 11.6 Å². The Morgan fingerprint density at radius 1 is 1.16 bits per heavy atom. The van der Waals surface area contributed by atoms with Crippen molar-refractivity contribution in [1.82, 2.24) is 15.3 Å². The van der Waals surface area contributed by atoms with Crippen molar-refractivity contribution in [3.05, 3.63) is 88.1 Å². The summed E-state index contributed by atoms with van der Waals surface area (Å²) in [5, 5.41) is 6.41. The molecule has 0 fully saturated rings. The standard InChI is InChI=1S/C25H27ClF3N7O/c1-14(2)34-11-17-6-19(8-20(23(17)26)25(27,28)29)35-24(37)16-5-4-15(3)22(7-16)36(31)12-21(30)18-9-32-13-33-10-18/h4-10,12-14,34H,11,30-31H2,1-3H3,(H,35,37)/b21-12-. The van der Waals surface area contributed by atoms with E-state index in [2.05, 4.69) is 20.6 Å². The molecule has 6 N–H and O–H groups in total. The molecule has 1 aromatic heterocycles. The highest BCUT2D eigenvalue weighted by atomic mass is 35.5. The molecule has 0 saturated heterocycles. The summed E-state index contributed by atoms with van der Waals surface area (Å²) >= 11 is 6.05. The fourth-order valence-corrected chi connectivity index (χ4v) is 3.66. The van der Waals surface area contributed by atoms with Crippen molar-refractivity contribution >= 4 is 34.6 Å². The second kappa shape index (κ2) is 11.6. The van der Waals surface area contributed by atoms with E-state index < -0.39 is 22.7 Å². The lowest BCUT2D eigenvalue weighted by molar-refractivity contribution is -0.137. The van der Waals surface area contributed by atoms with Crippen molar-refractivity contribution in [2.75, 3.05) is 10.3 Å². The third-order valence-electron chi connectivity index (χ3n) is 5.33. The first-order valence-corrected chi connectivity index (χ1v) is 11.6. The average Bonchev–Trinajstić information content (AvgIpc) is 2.84. The second-order valence-electron chi connectivity index (χ2n) is 8.60. The third-order valence-corrected chi connectivity index (χ3v) is 5.78. The average molecular weight is 534 g/mol. The van der Waals surface area contributed by atoms with Crippen LogP contribution in [0.3, 0.4) is 0 Å². The minimum absolute atomic E-state index is 0.0198. The molecule has 1 amide bonds. The predicted octanol–water partition coefficient (Wildman–Crippen LogP) is 4.84. The molecule has 0 saturated carbocycles. The number of anilines is 2. The molecule has 3 rings (SSSR count). The van der Waals surface area contributed by atoms with Crippen LogP contribution in [0, 0.1) is 6.92 Å². The van der Waals surface area contributed by atoms with E-state index >= 15 is 0 Å². The van der Waals surface area contributed by atoms with E-state index in [1.54, 1.807) is 19.1 Å². The Morgan fingerprint density at radius 2 is 1.84 bits per heavy atom. The van der Waals surface area contributed by atoms with E-state index in [9.17, 15) is 18.0 Å². The van der Waals surface area contributed by atoms with Crippen LogP contribution in [-0.4, -0.2) is 21.9 Å². The van der Waals surface area contributed by atoms with E-state index in [-0.39, 0.29) is 29.4 Å². The number of carbonyl (C=O) groups is 1. The molecule has 0 aliphatic heterocycles. The summed E-state index contributed by atoms with van der Waals surface area (Å²) in [6.07, 6.45) is 1.17. The molecule has 2 aromatic carbocycles. The van der Waals surface area contributed by atoms with Crippen LogP contribution in [-0.2, 0) is 12.7 Å². The number of amides is 1. The van der Waals surface area contributed by atoms with E-state index in [4.69, 9.17) is 23.2 Å². The lowest BCUT2D eigenvalue weighted by Crippen LogP contribution is -2.27. The Kier molecular flexibility index (Phi) is 8.74. The van der Waals surface area contributed by atoms with Crippen molar-refractivity contribution in [2.45, 2.75) is 39.5 Å². The number of carbonyl (C=O) groups excluding carboxylic acids is 1. The van der Waals surface area contributed by atoms with Crippen LogP contribution in [0.1, 0.15) is 46.5 Å². The number of hydrogen-bond acceptors (Lipinski definition) is 7. The molecule has 196 valence electrons. The summed E-state index contributed by atoms with van der Waals surface area (Å²) in [7, 11) is 0. The van der Waals surface area contributed by atoms with Crippen LogP contribution >= 0.6 is 11.6 Å². The number of hydrazine groups is 1. The van der Waals surface area contributed by atoms with Gasteiger partial charge in [0.25, 0.3) is 5.91 Å². The summed E-state index contributed by atoms with van der Waals surface area (Å²) in [5.74, 6) is 5.55. The van der Waals surface area contributed by atoms with Gasteiger partial charge in [0.2, 0.25) is 0 Å². The Hall–Kier alpha value is -3.67. The number of benzene rings is 2. The number of nitrogens with two attached hydrogens (primary N) is 2. The highest BCUT2D eigenvalue weighted by Crippen LogP contribution is 2.38. The van der Waals surface area contributed by atoms with Gasteiger partial charge in [0, 0.05) is 48.0 Å². The van der Waals surface area contributed by atoms with Crippen molar-refractivity contribution in [2.24, 2.45) is 11.6 Å². The van der Waals surface area contributed by atoms with Crippen LogP contribution in [0.15, 0.2) is 55.3 Å². The van der Waals surface area contributed by atoms with Gasteiger partial charge in [-0.05, 0) is 42.3 Å². The molecule has 1 heterocycles. The van der Waals surface area contributed by atoms with E-state index in [0.29, 0.717) is 16.9 Å². The lowest BCUT2D eigenvalue weighted by Gasteiger charge is -2.19. The van der Waals surface area contributed by atoms with E-state index in [1.807, 2.05) is 13.8 Å². The Labute approximate surface area is 217 Å². The van der Waals surface area contributed by atoms with Crippen LogP contribution in [0.25, 0.3) is 5.70 Å². The fourth-order valence-electron chi connectivity index (χ4n) is 3.38. The molecule has 0 spiro atoms. The number of aromatic nitrogens is 2. The fraction of sp³-hybridized carbons (Fsp3) is 0.240. The molecule has 8 nitrogen and oxygen atoms in total. The van der Waals surface area contributed by atoms with Crippen molar-refractivity contribution in [3.8, 4) is 0 Å². The SMILES string of the molecule is Cc1ccc(C(=O)Nc2cc(CNC(C)C)c(Cl)c(C(F)(F)F)c2)cc1N(N)/C=C(\N)c1cncnc1. The van der Waals surface area contributed by atoms with Gasteiger partial charge < -0.3 is 16.4 Å². The summed E-state index contributed by atoms with van der Waals surface area (Å²) in [6.45, 7) is 5.60. The molecule has 3 aromatic rings. The quantitative estimate of drug-likeness (QED) is 0.241. The smallest absolute Gasteiger partial charge is 0.397 e. The highest BCUT2D eigenvalue weighted by Gasteiger charge is 2.35. The molecular formula is C25H27ClF3N7O. The monoisotopic (exact) mass is 533 g/mol. The lowest BCUT2D eigenvalue weighted by atomic mass is 10.1. The topological polar surface area (TPSA) is 122 Å². The molecule has 12 heteroatoms. The molecule has 0 bridgehead atoms. The third kappa shape index (κ3) is 7.19. The van der Waals surface area contributed by atoms with Gasteiger partial charge in [0.15, 0.2) is 0 Å². The molecule has 0 aliphatic carbocycles. The first kappa shape index (κ1) is 27.9. The maximum absolute atomic E-state index is 13.6. The molecule has 0 unspecified atom stereocenters. The van der Waals surface area contributed by atoms with Gasteiger partial charge in [-0.25, -0.2) is 15.8 Å². The Bertz CT molecular complexity index is 1300. The van der Waals surface area contributed by atoms with Crippen LogP contribution < -0.4 is 27.2 Å². The summed E-state index contributed by atoms with van der Waals surface area (Å²) in [6, 6.07) is 6.97. The van der Waals surface area contributed by atoms with Gasteiger partial charge >= 0.3 is 6.18 Å². The van der Waals surface area contributed by atoms with Gasteiger partial charge in [0.1, 0.15) is 6.33 Å². The zero-order valence-corrected chi connectivity index (χ0v) is 21.2. The molecular weight excluding hydrogens is 507 g/mol. The normalized spacial score (nSPS) is 12.1. The van der Waals surface area contributed by atoms with Gasteiger partial charge in [-0.15, -0.1) is 0 Å². The van der Waals surface area contributed by atoms with E-state index in [1.165, 1.54) is 42.1 Å². The minimum Gasteiger partial charge on any atom is -0.397 e. The number of nitrogens with zero attached hydrogens (tertiary/aromatic N) is 3. The Balaban J connectivity index is 1.90. The zero-order valence-electron chi connectivity index (χ0n) is 20.4. The van der Waals surface area contributed by atoms with Gasteiger partial charge in [-0.1, -0.05) is 31.5 Å². The van der Waals surface area contributed by atoms with Gasteiger partial charge in [-0.2, -0.15) is 13.2 Å². The first-order chi connectivity index (χ1) is 17.4. The zero-order chi connectivity index (χ0) is 27.3. The first-order valence-electron chi connectivity index (χ1n) is 11.2. The maximum atomic E-state index is 13.6. The molecule has 0 radical (unpaired) electrons. The molecule has 37 heavy (non-hydrogen) atoms. The molecule has 0 atom stereocenters. The number of halogens is 4. The second-order valence-corrected chi connectivity index (χ2v) is 8.98. The van der Waals surface area contributed by atoms with Crippen LogP contribution in [0.5, 0.6) is 0 Å². The van der Waals surface area contributed by atoms with Crippen LogP contribution in [0.2, 0.25) is 5.02 Å². The summed E-state index contributed by atoms with van der Waals surface area (Å²) < 4.78 is 40.9. The van der Waals surface area contributed by atoms with Crippen molar-refractivity contribution < 1.29 is 18.0 Å². The number of aryl methyl sites for hydroxylation is 1. The Morgan fingerprint density at radius 3 is 2.46 bits per heavy atom. The maximum Gasteiger partial charge on any atom is 0.417 e. The van der Waals surface area contributed by atoms with Crippen LogP contribution in [0.4, 0.5) is 24.5 Å². The predicted molar refractivity (Wildman–Crippen MR) is 138 cm³/mol. The summed E-state index contributed by atoms with van der Waals surface area (Å²) in [4.78, 5) is 20.8. The number of rotatable bonds is 8. The number of hydrogen-bond donors (Lipinski definition) is 4. The number of nitrogens with one attached hydrogen (secondary N) is 2.